The van der Waals surface area contributed by atoms with E-state index >= 15 is 0 Å². The molecule has 108 valence electrons. The van der Waals surface area contributed by atoms with Crippen molar-refractivity contribution in [3.63, 3.8) is 0 Å². The molecule has 0 saturated carbocycles. The topological polar surface area (TPSA) is 4.93 Å². The van der Waals surface area contributed by atoms with Crippen molar-refractivity contribution in [2.45, 2.75) is 53.5 Å². The van der Waals surface area contributed by atoms with Crippen LogP contribution in [0.3, 0.4) is 0 Å². The lowest BCUT2D eigenvalue weighted by atomic mass is 9.93. The molecule has 2 rings (SSSR count). The zero-order valence-corrected chi connectivity index (χ0v) is 14.5. The van der Waals surface area contributed by atoms with Gasteiger partial charge in [-0.3, -0.25) is 0 Å². The van der Waals surface area contributed by atoms with Crippen LogP contribution < -0.4 is 0 Å². The largest absolute Gasteiger partial charge is 0.323 e. The molecule has 0 amide bonds. The first kappa shape index (κ1) is 15.3. The molecular weight excluding hydrogens is 261 g/mol. The first-order chi connectivity index (χ1) is 9.17. The molecule has 0 unspecified atom stereocenters. The Hall–Kier alpha value is -1.07. The molecule has 0 fully saturated rings. The number of hydrogen-bond acceptors (Lipinski definition) is 0. The van der Waals surface area contributed by atoms with Gasteiger partial charge in [0.15, 0.2) is 0 Å². The molecule has 1 nitrogen and oxygen atoms in total. The van der Waals surface area contributed by atoms with Crippen LogP contribution in [0.4, 0.5) is 0 Å². The predicted octanol–water partition coefficient (Wildman–Crippen LogP) is 6.08. The smallest absolute Gasteiger partial charge is 0.0523 e. The number of nitrogens with zero attached hydrogens (tertiary/aromatic N) is 1. The van der Waals surface area contributed by atoms with Gasteiger partial charge >= 0.3 is 0 Å². The number of benzene rings is 1. The van der Waals surface area contributed by atoms with Gasteiger partial charge in [-0.25, -0.2) is 0 Å². The molecule has 20 heavy (non-hydrogen) atoms. The molecule has 0 spiro atoms. The Bertz CT molecular complexity index is 568. The van der Waals surface area contributed by atoms with E-state index in [4.69, 9.17) is 0 Å². The summed E-state index contributed by atoms with van der Waals surface area (Å²) in [7, 11) is 1.34. The van der Waals surface area contributed by atoms with Gasteiger partial charge < -0.3 is 4.33 Å². The fourth-order valence-corrected chi connectivity index (χ4v) is 3.71. The van der Waals surface area contributed by atoms with E-state index in [0.29, 0.717) is 5.41 Å². The highest BCUT2D eigenvalue weighted by atomic mass is 31.0. The quantitative estimate of drug-likeness (QED) is 0.631. The standard InChI is InChI=1S/C18H26NP/c1-17(2,3)13-19-15(14-10-8-7-9-11-14)12-16(20-19)18(4,5)6/h7-12H,13H2,1-6H3. The van der Waals surface area contributed by atoms with E-state index in [0.717, 1.165) is 6.54 Å². The molecule has 0 aliphatic heterocycles. The maximum Gasteiger partial charge on any atom is 0.0523 e. The van der Waals surface area contributed by atoms with Crippen molar-refractivity contribution in [2.24, 2.45) is 5.41 Å². The van der Waals surface area contributed by atoms with Crippen LogP contribution in [0.25, 0.3) is 11.3 Å². The zero-order chi connectivity index (χ0) is 15.0. The van der Waals surface area contributed by atoms with Gasteiger partial charge in [-0.15, -0.1) is 0 Å². The Morgan fingerprint density at radius 1 is 0.950 bits per heavy atom. The fraction of sp³-hybridized carbons (Fsp3) is 0.500. The molecule has 0 bridgehead atoms. The van der Waals surface area contributed by atoms with Gasteiger partial charge in [0.25, 0.3) is 0 Å². The lowest BCUT2D eigenvalue weighted by Crippen LogP contribution is -2.14. The van der Waals surface area contributed by atoms with Gasteiger partial charge in [-0.1, -0.05) is 71.9 Å². The first-order valence-corrected chi connectivity index (χ1v) is 8.15. The molecule has 0 saturated heterocycles. The van der Waals surface area contributed by atoms with Gasteiger partial charge in [0.1, 0.15) is 0 Å². The normalized spacial score (nSPS) is 13.1. The van der Waals surface area contributed by atoms with Crippen molar-refractivity contribution in [3.8, 4) is 11.3 Å². The summed E-state index contributed by atoms with van der Waals surface area (Å²) in [5, 5.41) is 1.50. The zero-order valence-electron chi connectivity index (χ0n) is 13.6. The minimum Gasteiger partial charge on any atom is -0.323 e. The van der Waals surface area contributed by atoms with Crippen molar-refractivity contribution >= 4 is 8.35 Å². The Morgan fingerprint density at radius 2 is 1.55 bits per heavy atom. The average molecular weight is 287 g/mol. The molecule has 2 aromatic rings. The molecular formula is C18H26NP. The molecule has 0 atom stereocenters. The minimum atomic E-state index is 0.230. The third-order valence-corrected chi connectivity index (χ3v) is 4.86. The number of hydrogen-bond donors (Lipinski definition) is 0. The summed E-state index contributed by atoms with van der Waals surface area (Å²) in [6.07, 6.45) is 0. The first-order valence-electron chi connectivity index (χ1n) is 7.31. The summed E-state index contributed by atoms with van der Waals surface area (Å²) < 4.78 is 2.51. The molecule has 0 aliphatic rings. The second-order valence-corrected chi connectivity index (χ2v) is 8.91. The van der Waals surface area contributed by atoms with E-state index in [1.807, 2.05) is 0 Å². The molecule has 0 N–H and O–H groups in total. The minimum absolute atomic E-state index is 0.230. The highest BCUT2D eigenvalue weighted by Crippen LogP contribution is 2.38. The maximum atomic E-state index is 2.51. The van der Waals surface area contributed by atoms with Gasteiger partial charge in [0.2, 0.25) is 0 Å². The van der Waals surface area contributed by atoms with Gasteiger partial charge in [0, 0.05) is 20.2 Å². The molecule has 1 heterocycles. The van der Waals surface area contributed by atoms with Crippen LogP contribution in [0.1, 0.15) is 46.8 Å². The maximum absolute atomic E-state index is 2.51. The van der Waals surface area contributed by atoms with Gasteiger partial charge in [-0.2, -0.15) is 0 Å². The van der Waals surface area contributed by atoms with Crippen molar-refractivity contribution in [2.75, 3.05) is 0 Å². The van der Waals surface area contributed by atoms with E-state index in [-0.39, 0.29) is 5.41 Å². The molecule has 0 aliphatic carbocycles. The summed E-state index contributed by atoms with van der Waals surface area (Å²) in [5.41, 5.74) is 3.22. The van der Waals surface area contributed by atoms with Crippen LogP contribution in [0.15, 0.2) is 36.4 Å². The Balaban J connectivity index is 2.51. The second-order valence-electron chi connectivity index (χ2n) is 7.75. The monoisotopic (exact) mass is 287 g/mol. The number of rotatable bonds is 2. The van der Waals surface area contributed by atoms with E-state index in [2.05, 4.69) is 82.3 Å². The third-order valence-electron chi connectivity index (χ3n) is 3.24. The summed E-state index contributed by atoms with van der Waals surface area (Å²) in [6.45, 7) is 14.9. The molecule has 1 aromatic heterocycles. The van der Waals surface area contributed by atoms with E-state index < -0.39 is 0 Å². The average Bonchev–Trinajstić information content (AvgIpc) is 2.71. The lowest BCUT2D eigenvalue weighted by molar-refractivity contribution is 0.358. The summed E-state index contributed by atoms with van der Waals surface area (Å²) in [4.78, 5) is 0. The lowest BCUT2D eigenvalue weighted by Gasteiger charge is -2.21. The molecule has 2 heteroatoms. The summed E-state index contributed by atoms with van der Waals surface area (Å²) in [6, 6.07) is 13.1. The SMILES string of the molecule is CC(C)(C)Cn1pc(C(C)(C)C)cc1-c1ccccc1. The summed E-state index contributed by atoms with van der Waals surface area (Å²) >= 11 is 0. The van der Waals surface area contributed by atoms with Crippen LogP contribution >= 0.6 is 8.35 Å². The number of aromatic nitrogens is 1. The Labute approximate surface area is 125 Å². The Morgan fingerprint density at radius 3 is 2.05 bits per heavy atom. The van der Waals surface area contributed by atoms with Crippen molar-refractivity contribution in [1.29, 1.82) is 0 Å². The molecule has 0 radical (unpaired) electrons. The fourth-order valence-electron chi connectivity index (χ4n) is 2.19. The highest BCUT2D eigenvalue weighted by molar-refractivity contribution is 7.27. The molecule has 1 aromatic carbocycles. The van der Waals surface area contributed by atoms with E-state index in [1.165, 1.54) is 24.9 Å². The van der Waals surface area contributed by atoms with Crippen LogP contribution in [0.2, 0.25) is 0 Å². The summed E-state index contributed by atoms with van der Waals surface area (Å²) in [5.74, 6) is 0. The van der Waals surface area contributed by atoms with E-state index in [1.54, 1.807) is 0 Å². The second kappa shape index (κ2) is 5.37. The van der Waals surface area contributed by atoms with Crippen LogP contribution in [-0.2, 0) is 12.0 Å². The third kappa shape index (κ3) is 3.73. The van der Waals surface area contributed by atoms with Crippen LogP contribution in [0, 0.1) is 5.41 Å². The van der Waals surface area contributed by atoms with Gasteiger partial charge in [0.05, 0.1) is 5.69 Å². The predicted molar refractivity (Wildman–Crippen MR) is 90.5 cm³/mol. The van der Waals surface area contributed by atoms with Crippen LogP contribution in [0.5, 0.6) is 0 Å². The Kier molecular flexibility index (Phi) is 4.12. The van der Waals surface area contributed by atoms with Crippen LogP contribution in [-0.4, -0.2) is 4.33 Å². The van der Waals surface area contributed by atoms with Gasteiger partial charge in [-0.05, 0) is 22.5 Å². The van der Waals surface area contributed by atoms with E-state index in [9.17, 15) is 0 Å². The van der Waals surface area contributed by atoms with Crippen molar-refractivity contribution in [1.82, 2.24) is 4.33 Å². The van der Waals surface area contributed by atoms with Crippen molar-refractivity contribution in [3.05, 3.63) is 41.7 Å². The van der Waals surface area contributed by atoms with Crippen molar-refractivity contribution < 1.29 is 0 Å². The highest BCUT2D eigenvalue weighted by Gasteiger charge is 2.21.